The fraction of sp³-hybridized carbons (Fsp3) is 0.796. The van der Waals surface area contributed by atoms with Gasteiger partial charge in [-0.1, -0.05) is 64.1 Å². The molecule has 63 heavy (non-hydrogen) atoms. The summed E-state index contributed by atoms with van der Waals surface area (Å²) < 4.78 is 71.7. The van der Waals surface area contributed by atoms with Crippen LogP contribution in [-0.4, -0.2) is 146 Å². The zero-order valence-corrected chi connectivity index (χ0v) is 41.4. The van der Waals surface area contributed by atoms with Crippen molar-refractivity contribution in [3.05, 3.63) is 60.7 Å². The number of benzene rings is 1. The van der Waals surface area contributed by atoms with Crippen molar-refractivity contribution in [3.63, 3.8) is 0 Å². The molecule has 5 aliphatic heterocycles. The van der Waals surface area contributed by atoms with Crippen molar-refractivity contribution >= 4 is 8.80 Å². The van der Waals surface area contributed by atoms with Crippen LogP contribution in [0, 0.1) is 16.2 Å². The molecule has 0 saturated carbocycles. The van der Waals surface area contributed by atoms with Crippen molar-refractivity contribution < 1.29 is 60.6 Å². The second-order valence-electron chi connectivity index (χ2n) is 17.4. The van der Waals surface area contributed by atoms with Crippen LogP contribution >= 0.6 is 0 Å². The Morgan fingerprint density at radius 2 is 1.00 bits per heavy atom. The second-order valence-corrected chi connectivity index (χ2v) is 20.1. The molecule has 6 rings (SSSR count). The van der Waals surface area contributed by atoms with Crippen LogP contribution in [0.1, 0.15) is 91.7 Å². The van der Waals surface area contributed by atoms with E-state index in [-0.39, 0.29) is 21.8 Å². The maximum atomic E-state index is 5.90. The Hall–Kier alpha value is -1.60. The van der Waals surface area contributed by atoms with Crippen molar-refractivity contribution in [1.82, 2.24) is 0 Å². The highest BCUT2D eigenvalue weighted by atomic mass is 28.4. The molecule has 0 amide bonds. The lowest BCUT2D eigenvalue weighted by Gasteiger charge is -2.40. The van der Waals surface area contributed by atoms with Gasteiger partial charge in [0.15, 0.2) is 0 Å². The summed E-state index contributed by atoms with van der Waals surface area (Å²) in [5.41, 5.74) is 3.22. The Balaban J connectivity index is 0.000000244. The van der Waals surface area contributed by atoms with Crippen LogP contribution in [0.4, 0.5) is 0 Å². The molecule has 0 bridgehead atoms. The third-order valence-corrected chi connectivity index (χ3v) is 15.4. The Morgan fingerprint density at radius 1 is 0.571 bits per heavy atom. The molecule has 1 aromatic rings. The average molecular weight is 911 g/mol. The highest BCUT2D eigenvalue weighted by Crippen LogP contribution is 2.33. The van der Waals surface area contributed by atoms with Crippen molar-refractivity contribution in [1.29, 1.82) is 0 Å². The van der Waals surface area contributed by atoms with Gasteiger partial charge in [0.25, 0.3) is 0 Å². The molecule has 0 aliphatic carbocycles. The van der Waals surface area contributed by atoms with E-state index < -0.39 is 8.80 Å². The molecule has 0 radical (unpaired) electrons. The van der Waals surface area contributed by atoms with E-state index in [9.17, 15) is 0 Å². The van der Waals surface area contributed by atoms with Gasteiger partial charge in [-0.3, -0.25) is 0 Å². The topological polar surface area (TPSA) is 120 Å². The highest BCUT2D eigenvalue weighted by Gasteiger charge is 2.41. The van der Waals surface area contributed by atoms with E-state index in [0.29, 0.717) is 52.4 Å². The van der Waals surface area contributed by atoms with E-state index in [1.165, 1.54) is 11.1 Å². The monoisotopic (exact) mass is 911 g/mol. The first-order valence-electron chi connectivity index (χ1n) is 23.7. The van der Waals surface area contributed by atoms with E-state index in [1.807, 2.05) is 20.8 Å². The Labute approximate surface area is 382 Å². The first-order valence-corrected chi connectivity index (χ1v) is 25.6. The van der Waals surface area contributed by atoms with Crippen LogP contribution in [-0.2, 0) is 73.9 Å². The number of hydrogen-bond donors (Lipinski definition) is 0. The summed E-state index contributed by atoms with van der Waals surface area (Å²) in [5.74, 6) is 0. The average Bonchev–Trinajstić information content (AvgIpc) is 3.22. The van der Waals surface area contributed by atoms with Gasteiger partial charge in [0.05, 0.1) is 112 Å². The molecular weight excluding hydrogens is 825 g/mol. The van der Waals surface area contributed by atoms with Crippen molar-refractivity contribution in [2.45, 2.75) is 112 Å². The summed E-state index contributed by atoms with van der Waals surface area (Å²) in [6, 6.07) is 9.36. The van der Waals surface area contributed by atoms with Crippen LogP contribution in [0.5, 0.6) is 0 Å². The fourth-order valence-electron chi connectivity index (χ4n) is 6.99. The largest absolute Gasteiger partial charge is 0.501 e. The predicted molar refractivity (Wildman–Crippen MR) is 248 cm³/mol. The molecule has 0 N–H and O–H groups in total. The van der Waals surface area contributed by atoms with Gasteiger partial charge in [-0.25, -0.2) is 0 Å². The first-order chi connectivity index (χ1) is 30.6. The lowest BCUT2D eigenvalue weighted by atomic mass is 9.84. The van der Waals surface area contributed by atoms with Gasteiger partial charge >= 0.3 is 8.80 Å². The van der Waals surface area contributed by atoms with Gasteiger partial charge in [-0.15, -0.1) is 13.2 Å². The zero-order chi connectivity index (χ0) is 45.8. The van der Waals surface area contributed by atoms with Gasteiger partial charge in [0.2, 0.25) is 0 Å². The Bertz CT molecular complexity index is 1240. The van der Waals surface area contributed by atoms with Crippen LogP contribution in [0.2, 0.25) is 6.04 Å². The minimum Gasteiger partial charge on any atom is -0.381 e. The first kappa shape index (κ1) is 55.7. The maximum absolute atomic E-state index is 5.90. The molecule has 5 fully saturated rings. The van der Waals surface area contributed by atoms with Crippen LogP contribution in [0.3, 0.4) is 0 Å². The van der Waals surface area contributed by atoms with Crippen LogP contribution in [0.25, 0.3) is 0 Å². The molecule has 5 heterocycles. The number of hydrogen-bond acceptors (Lipinski definition) is 13. The summed E-state index contributed by atoms with van der Waals surface area (Å²) >= 11 is 0. The van der Waals surface area contributed by atoms with Crippen molar-refractivity contribution in [2.75, 3.05) is 126 Å². The third-order valence-electron chi connectivity index (χ3n) is 12.3. The molecule has 14 heteroatoms. The molecular formula is C49H86O13Si. The smallest absolute Gasteiger partial charge is 0.381 e. The van der Waals surface area contributed by atoms with E-state index in [4.69, 9.17) is 60.6 Å². The second kappa shape index (κ2) is 30.6. The van der Waals surface area contributed by atoms with E-state index in [2.05, 4.69) is 65.1 Å². The normalized spacial score (nSPS) is 19.9. The standard InChI is InChI=1S/C20H30O4.C15H32O5Si.C8H14O2.C6H10O2/c1-3-19(13-23-14-19)11-21-9-17-5-7-18(8-6-17)10-22-12-20(4-2)15-24-16-20;1-5-15(13-17-14-15)12-16-10-9-11-21(18-6-2,19-7-3)20-8-4;1-3-5-10-8(4-2)6-9-7-8;1-2-3-8-6-4-7-5-6/h5-8H,3-4,9-16H2,1-2H3;5-14H2,1-4H3;3H,1,4-7H2,2H3;2,6H,1,3-5H2. The SMILES string of the molecule is C=CCOC1(CC)COC1.C=CCOC1COC1.CCC1(COCc2ccc(COCC3(CC)COC3)cc2)COC1.CCO[Si](CCCOCC1(CC)COC1)(OCC)OCC. The summed E-state index contributed by atoms with van der Waals surface area (Å²) in [7, 11) is -2.50. The van der Waals surface area contributed by atoms with Crippen molar-refractivity contribution in [3.8, 4) is 0 Å². The van der Waals surface area contributed by atoms with Gasteiger partial charge in [0, 0.05) is 48.7 Å². The van der Waals surface area contributed by atoms with E-state index >= 15 is 0 Å². The quantitative estimate of drug-likeness (QED) is 0.0418. The molecule has 0 aromatic heterocycles. The molecule has 0 spiro atoms. The Morgan fingerprint density at radius 3 is 1.30 bits per heavy atom. The summed E-state index contributed by atoms with van der Waals surface area (Å²) in [6.45, 7) is 37.4. The van der Waals surface area contributed by atoms with Crippen molar-refractivity contribution in [2.24, 2.45) is 16.2 Å². The van der Waals surface area contributed by atoms with Gasteiger partial charge in [-0.05, 0) is 64.0 Å². The molecule has 364 valence electrons. The van der Waals surface area contributed by atoms with Crippen LogP contribution < -0.4 is 0 Å². The van der Waals surface area contributed by atoms with Gasteiger partial charge < -0.3 is 60.6 Å². The van der Waals surface area contributed by atoms with Crippen LogP contribution in [0.15, 0.2) is 49.6 Å². The predicted octanol–water partition coefficient (Wildman–Crippen LogP) is 8.40. The fourth-order valence-corrected chi connectivity index (χ4v) is 9.57. The van der Waals surface area contributed by atoms with E-state index in [1.54, 1.807) is 12.2 Å². The maximum Gasteiger partial charge on any atom is 0.501 e. The minimum absolute atomic E-state index is 0.0220. The Kier molecular flexibility index (Phi) is 27.1. The molecule has 5 aliphatic rings. The summed E-state index contributed by atoms with van der Waals surface area (Å²) in [6.07, 6.45) is 9.15. The lowest BCUT2D eigenvalue weighted by molar-refractivity contribution is -0.205. The summed E-state index contributed by atoms with van der Waals surface area (Å²) in [5, 5.41) is 0. The molecule has 1 aromatic carbocycles. The molecule has 0 unspecified atom stereocenters. The lowest BCUT2D eigenvalue weighted by Crippen LogP contribution is -2.51. The van der Waals surface area contributed by atoms with Gasteiger partial charge in [0.1, 0.15) is 11.7 Å². The third kappa shape index (κ3) is 19.3. The summed E-state index contributed by atoms with van der Waals surface area (Å²) in [4.78, 5) is 0. The number of ether oxygens (including phenoxy) is 10. The molecule has 0 atom stereocenters. The van der Waals surface area contributed by atoms with Gasteiger partial charge in [-0.2, -0.15) is 0 Å². The molecule has 5 saturated heterocycles. The number of rotatable bonds is 30. The zero-order valence-electron chi connectivity index (χ0n) is 40.4. The highest BCUT2D eigenvalue weighted by molar-refractivity contribution is 6.60. The minimum atomic E-state index is -2.50. The molecule has 13 nitrogen and oxygen atoms in total. The van der Waals surface area contributed by atoms with E-state index in [0.717, 1.165) is 131 Å².